The molecule has 1 heterocycles. The van der Waals surface area contributed by atoms with E-state index in [1.54, 1.807) is 6.07 Å². The molecule has 0 aliphatic heterocycles. The highest BCUT2D eigenvalue weighted by Crippen LogP contribution is 2.42. The topological polar surface area (TPSA) is 92.4 Å². The van der Waals surface area contributed by atoms with E-state index in [1.165, 1.54) is 12.1 Å². The number of nitrogens with one attached hydrogen (secondary N) is 1. The molecule has 1 aromatic heterocycles. The van der Waals surface area contributed by atoms with Crippen molar-refractivity contribution >= 4 is 40.8 Å². The van der Waals surface area contributed by atoms with Crippen molar-refractivity contribution < 1.29 is 19.2 Å². The van der Waals surface area contributed by atoms with Crippen LogP contribution in [0.3, 0.4) is 0 Å². The summed E-state index contributed by atoms with van der Waals surface area (Å²) in [6, 6.07) is 4.54. The van der Waals surface area contributed by atoms with E-state index in [-0.39, 0.29) is 28.0 Å². The van der Waals surface area contributed by atoms with Gasteiger partial charge in [-0.1, -0.05) is 28.4 Å². The SMILES string of the molecule is O=C(Nc1ccc(Cl)cc1Cl)c1noc(C2CC2)c1C(=O)O. The number of hydrogen-bond donors (Lipinski definition) is 2. The minimum absolute atomic E-state index is 0.0271. The number of hydrogen-bond acceptors (Lipinski definition) is 4. The van der Waals surface area contributed by atoms with E-state index >= 15 is 0 Å². The monoisotopic (exact) mass is 340 g/mol. The predicted molar refractivity (Wildman–Crippen MR) is 79.9 cm³/mol. The van der Waals surface area contributed by atoms with Crippen molar-refractivity contribution in [2.24, 2.45) is 0 Å². The van der Waals surface area contributed by atoms with E-state index in [0.717, 1.165) is 12.8 Å². The van der Waals surface area contributed by atoms with Crippen molar-refractivity contribution in [3.05, 3.63) is 45.3 Å². The highest BCUT2D eigenvalue weighted by molar-refractivity contribution is 6.36. The zero-order valence-electron chi connectivity index (χ0n) is 11.1. The number of nitrogens with zero attached hydrogens (tertiary/aromatic N) is 1. The average Bonchev–Trinajstić information content (AvgIpc) is 3.19. The van der Waals surface area contributed by atoms with Gasteiger partial charge in [-0.25, -0.2) is 4.79 Å². The first kappa shape index (κ1) is 14.9. The lowest BCUT2D eigenvalue weighted by Gasteiger charge is -2.06. The fraction of sp³-hybridized carbons (Fsp3) is 0.214. The maximum Gasteiger partial charge on any atom is 0.341 e. The molecule has 22 heavy (non-hydrogen) atoms. The third kappa shape index (κ3) is 2.80. The van der Waals surface area contributed by atoms with Crippen LogP contribution < -0.4 is 5.32 Å². The second kappa shape index (κ2) is 5.62. The summed E-state index contributed by atoms with van der Waals surface area (Å²) in [4.78, 5) is 23.6. The van der Waals surface area contributed by atoms with E-state index in [0.29, 0.717) is 10.7 Å². The number of carboxylic acids is 1. The standard InChI is InChI=1S/C14H10Cl2N2O4/c15-7-3-4-9(8(16)5-7)17-13(19)11-10(14(20)21)12(22-18-11)6-1-2-6/h3-6H,1-2H2,(H,17,19)(H,20,21). The fourth-order valence-electron chi connectivity index (χ4n) is 2.06. The molecule has 1 saturated carbocycles. The van der Waals surface area contributed by atoms with Gasteiger partial charge in [0.2, 0.25) is 0 Å². The summed E-state index contributed by atoms with van der Waals surface area (Å²) in [7, 11) is 0. The van der Waals surface area contributed by atoms with Gasteiger partial charge in [-0.3, -0.25) is 4.79 Å². The third-order valence-electron chi connectivity index (χ3n) is 3.27. The van der Waals surface area contributed by atoms with E-state index in [2.05, 4.69) is 10.5 Å². The Hall–Kier alpha value is -2.05. The molecule has 1 amide bonds. The lowest BCUT2D eigenvalue weighted by Crippen LogP contribution is -2.17. The number of amides is 1. The second-order valence-corrected chi connectivity index (χ2v) is 5.77. The first-order valence-corrected chi connectivity index (χ1v) is 7.22. The van der Waals surface area contributed by atoms with E-state index < -0.39 is 11.9 Å². The summed E-state index contributed by atoms with van der Waals surface area (Å²) in [6.45, 7) is 0. The van der Waals surface area contributed by atoms with Crippen LogP contribution in [0.2, 0.25) is 10.0 Å². The van der Waals surface area contributed by atoms with Gasteiger partial charge < -0.3 is 14.9 Å². The number of carbonyl (C=O) groups excluding carboxylic acids is 1. The third-order valence-corrected chi connectivity index (χ3v) is 3.82. The predicted octanol–water partition coefficient (Wildman–Crippen LogP) is 3.81. The van der Waals surface area contributed by atoms with Crippen LogP contribution in [0.15, 0.2) is 22.7 Å². The average molecular weight is 341 g/mol. The van der Waals surface area contributed by atoms with Gasteiger partial charge in [0.1, 0.15) is 5.56 Å². The lowest BCUT2D eigenvalue weighted by molar-refractivity contribution is 0.0690. The first-order valence-electron chi connectivity index (χ1n) is 6.46. The summed E-state index contributed by atoms with van der Waals surface area (Å²) >= 11 is 11.7. The Morgan fingerprint density at radius 1 is 1.32 bits per heavy atom. The molecule has 0 radical (unpaired) electrons. The van der Waals surface area contributed by atoms with Gasteiger partial charge in [0.05, 0.1) is 10.7 Å². The number of aromatic nitrogens is 1. The zero-order valence-corrected chi connectivity index (χ0v) is 12.6. The molecule has 3 rings (SSSR count). The molecular weight excluding hydrogens is 331 g/mol. The van der Waals surface area contributed by atoms with Crippen molar-refractivity contribution in [3.63, 3.8) is 0 Å². The molecule has 1 fully saturated rings. The summed E-state index contributed by atoms with van der Waals surface area (Å²) < 4.78 is 5.04. The Labute approximate surface area is 135 Å². The summed E-state index contributed by atoms with van der Waals surface area (Å²) in [5.41, 5.74) is -0.145. The fourth-order valence-corrected chi connectivity index (χ4v) is 2.52. The Balaban J connectivity index is 1.90. The molecule has 1 aromatic carbocycles. The van der Waals surface area contributed by atoms with Crippen molar-refractivity contribution in [3.8, 4) is 0 Å². The Bertz CT molecular complexity index is 768. The van der Waals surface area contributed by atoms with Gasteiger partial charge in [-0.2, -0.15) is 0 Å². The van der Waals surface area contributed by atoms with E-state index in [4.69, 9.17) is 27.7 Å². The van der Waals surface area contributed by atoms with Crippen molar-refractivity contribution in [2.75, 3.05) is 5.32 Å². The molecule has 0 spiro atoms. The molecule has 0 bridgehead atoms. The van der Waals surface area contributed by atoms with Gasteiger partial charge in [-0.15, -0.1) is 0 Å². The van der Waals surface area contributed by atoms with Crippen LogP contribution in [-0.2, 0) is 0 Å². The molecule has 0 unspecified atom stereocenters. The van der Waals surface area contributed by atoms with E-state index in [1.807, 2.05) is 0 Å². The summed E-state index contributed by atoms with van der Waals surface area (Å²) in [6.07, 6.45) is 1.67. The molecule has 2 aromatic rings. The number of aromatic carboxylic acids is 1. The van der Waals surface area contributed by atoms with Crippen molar-refractivity contribution in [2.45, 2.75) is 18.8 Å². The molecule has 6 nitrogen and oxygen atoms in total. The molecule has 1 aliphatic carbocycles. The van der Waals surface area contributed by atoms with Crippen LogP contribution in [0.25, 0.3) is 0 Å². The zero-order chi connectivity index (χ0) is 15.9. The van der Waals surface area contributed by atoms with Gasteiger partial charge in [-0.05, 0) is 31.0 Å². The van der Waals surface area contributed by atoms with Crippen LogP contribution >= 0.6 is 23.2 Å². The Kier molecular flexibility index (Phi) is 3.80. The maximum absolute atomic E-state index is 12.2. The van der Waals surface area contributed by atoms with Crippen molar-refractivity contribution in [1.29, 1.82) is 0 Å². The lowest BCUT2D eigenvalue weighted by atomic mass is 10.1. The van der Waals surface area contributed by atoms with Crippen molar-refractivity contribution in [1.82, 2.24) is 5.16 Å². The minimum atomic E-state index is -1.24. The largest absolute Gasteiger partial charge is 0.477 e. The van der Waals surface area contributed by atoms with Gasteiger partial charge in [0.15, 0.2) is 11.5 Å². The van der Waals surface area contributed by atoms with Crippen LogP contribution in [0.1, 0.15) is 45.4 Å². The summed E-state index contributed by atoms with van der Waals surface area (Å²) in [5, 5.41) is 16.1. The normalized spacial score (nSPS) is 13.9. The second-order valence-electron chi connectivity index (χ2n) is 4.93. The molecule has 2 N–H and O–H groups in total. The molecule has 8 heteroatoms. The van der Waals surface area contributed by atoms with Gasteiger partial charge in [0.25, 0.3) is 5.91 Å². The summed E-state index contributed by atoms with van der Waals surface area (Å²) in [5.74, 6) is -1.66. The molecule has 0 saturated heterocycles. The highest BCUT2D eigenvalue weighted by atomic mass is 35.5. The number of carbonyl (C=O) groups is 2. The van der Waals surface area contributed by atoms with Gasteiger partial charge >= 0.3 is 5.97 Å². The molecule has 0 atom stereocenters. The molecular formula is C14H10Cl2N2O4. The first-order chi connectivity index (χ1) is 10.5. The number of rotatable bonds is 4. The maximum atomic E-state index is 12.2. The minimum Gasteiger partial charge on any atom is -0.477 e. The van der Waals surface area contributed by atoms with E-state index in [9.17, 15) is 14.7 Å². The van der Waals surface area contributed by atoms with Crippen LogP contribution in [0.4, 0.5) is 5.69 Å². The smallest absolute Gasteiger partial charge is 0.341 e. The highest BCUT2D eigenvalue weighted by Gasteiger charge is 2.36. The van der Waals surface area contributed by atoms with Crippen LogP contribution in [0, 0.1) is 0 Å². The molecule has 114 valence electrons. The number of carboxylic acid groups (broad SMARTS) is 1. The Morgan fingerprint density at radius 3 is 2.64 bits per heavy atom. The number of halogens is 2. The van der Waals surface area contributed by atoms with Crippen LogP contribution in [-0.4, -0.2) is 22.1 Å². The van der Waals surface area contributed by atoms with Gasteiger partial charge in [0, 0.05) is 10.9 Å². The Morgan fingerprint density at radius 2 is 2.05 bits per heavy atom. The van der Waals surface area contributed by atoms with Crippen LogP contribution in [0.5, 0.6) is 0 Å². The molecule has 1 aliphatic rings. The quantitative estimate of drug-likeness (QED) is 0.882. The number of benzene rings is 1. The number of anilines is 1.